The first-order valence-electron chi connectivity index (χ1n) is 11.9. The molecule has 3 N–H and O–H groups in total. The molecule has 1 aromatic heterocycles. The van der Waals surface area contributed by atoms with Crippen molar-refractivity contribution in [3.63, 3.8) is 0 Å². The molecule has 0 saturated carbocycles. The number of nitrogens with zero attached hydrogens (tertiary/aromatic N) is 3. The monoisotopic (exact) mass is 492 g/mol. The molecule has 0 fully saturated rings. The minimum Gasteiger partial charge on any atom is -0.478 e. The fourth-order valence-corrected chi connectivity index (χ4v) is 4.17. The molecule has 2 aromatic carbocycles. The van der Waals surface area contributed by atoms with Crippen molar-refractivity contribution in [2.24, 2.45) is 0 Å². The van der Waals surface area contributed by atoms with E-state index in [-0.39, 0.29) is 17.8 Å². The molecule has 0 saturated heterocycles. The molecule has 1 atom stereocenters. The van der Waals surface area contributed by atoms with E-state index in [4.69, 9.17) is 0 Å². The van der Waals surface area contributed by atoms with Crippen molar-refractivity contribution in [3.05, 3.63) is 88.5 Å². The van der Waals surface area contributed by atoms with Gasteiger partial charge in [0.15, 0.2) is 0 Å². The first-order valence-corrected chi connectivity index (χ1v) is 11.9. The van der Waals surface area contributed by atoms with Crippen molar-refractivity contribution in [2.45, 2.75) is 59.0 Å². The average molecular weight is 493 g/mol. The number of aryl methyl sites for hydroxylation is 2. The predicted octanol–water partition coefficient (Wildman–Crippen LogP) is 4.45. The van der Waals surface area contributed by atoms with Crippen molar-refractivity contribution >= 4 is 17.9 Å². The Kier molecular flexibility index (Phi) is 8.97. The molecular weight excluding hydrogens is 460 g/mol. The summed E-state index contributed by atoms with van der Waals surface area (Å²) in [4.78, 5) is 43.0. The number of carboxylic acids is 1. The lowest BCUT2D eigenvalue weighted by atomic mass is 10.0. The number of amides is 3. The number of aromatic nitrogens is 2. The zero-order valence-corrected chi connectivity index (χ0v) is 20.8. The summed E-state index contributed by atoms with van der Waals surface area (Å²) < 4.78 is 1.75. The zero-order chi connectivity index (χ0) is 26.2. The van der Waals surface area contributed by atoms with Gasteiger partial charge in [-0.3, -0.25) is 14.9 Å². The standard InChI is InChI=1S/C27H32N4O5/c1-4-5-9-24-28-16-23(30(24)17-20-10-12-22(13-11-20)26(33)34)25(32)31(27(35)29-36)19(3)15-21-8-6-7-18(2)14-21/h6-8,10-14,16,19,36H,4-5,9,15,17H2,1-3H3,(H,29,35)(H,33,34). The molecule has 190 valence electrons. The van der Waals surface area contributed by atoms with Gasteiger partial charge in [0.1, 0.15) is 11.5 Å². The third-order valence-electron chi connectivity index (χ3n) is 6.04. The maximum atomic E-state index is 13.7. The number of urea groups is 1. The molecule has 1 unspecified atom stereocenters. The number of nitrogens with one attached hydrogen (secondary N) is 1. The number of aromatic carboxylic acids is 1. The van der Waals surface area contributed by atoms with Gasteiger partial charge in [0.25, 0.3) is 5.91 Å². The maximum absolute atomic E-state index is 13.7. The van der Waals surface area contributed by atoms with E-state index in [0.717, 1.165) is 34.4 Å². The lowest BCUT2D eigenvalue weighted by Crippen LogP contribution is -2.49. The molecule has 3 rings (SSSR count). The SMILES string of the molecule is CCCCc1ncc(C(=O)N(C(=O)NO)C(C)Cc2cccc(C)c2)n1Cc1ccc(C(=O)O)cc1. The van der Waals surface area contributed by atoms with Crippen molar-refractivity contribution in [3.8, 4) is 0 Å². The van der Waals surface area contributed by atoms with Gasteiger partial charge in [0.2, 0.25) is 0 Å². The second-order valence-electron chi connectivity index (χ2n) is 8.89. The third kappa shape index (κ3) is 6.37. The summed E-state index contributed by atoms with van der Waals surface area (Å²) in [6, 6.07) is 12.7. The highest BCUT2D eigenvalue weighted by atomic mass is 16.5. The molecular formula is C27H32N4O5. The highest BCUT2D eigenvalue weighted by Gasteiger charge is 2.31. The van der Waals surface area contributed by atoms with Crippen LogP contribution in [0.5, 0.6) is 0 Å². The van der Waals surface area contributed by atoms with Crippen LogP contribution < -0.4 is 5.48 Å². The molecule has 0 aliphatic carbocycles. The average Bonchev–Trinajstić information content (AvgIpc) is 3.25. The van der Waals surface area contributed by atoms with E-state index >= 15 is 0 Å². The molecule has 0 radical (unpaired) electrons. The van der Waals surface area contributed by atoms with Crippen LogP contribution in [0.2, 0.25) is 0 Å². The van der Waals surface area contributed by atoms with Crippen molar-refractivity contribution < 1.29 is 24.7 Å². The van der Waals surface area contributed by atoms with Crippen molar-refractivity contribution in [1.82, 2.24) is 19.9 Å². The lowest BCUT2D eigenvalue weighted by Gasteiger charge is -2.27. The highest BCUT2D eigenvalue weighted by molar-refractivity contribution is 6.03. The number of unbranched alkanes of at least 4 members (excludes halogenated alkanes) is 1. The fraction of sp³-hybridized carbons (Fsp3) is 0.333. The number of carbonyl (C=O) groups excluding carboxylic acids is 2. The van der Waals surface area contributed by atoms with E-state index in [1.54, 1.807) is 29.1 Å². The van der Waals surface area contributed by atoms with E-state index in [0.29, 0.717) is 18.7 Å². The number of imide groups is 1. The van der Waals surface area contributed by atoms with Gasteiger partial charge in [-0.2, -0.15) is 0 Å². The highest BCUT2D eigenvalue weighted by Crippen LogP contribution is 2.19. The Hall–Kier alpha value is -3.98. The van der Waals surface area contributed by atoms with Crippen molar-refractivity contribution in [2.75, 3.05) is 0 Å². The molecule has 0 bridgehead atoms. The summed E-state index contributed by atoms with van der Waals surface area (Å²) in [6.45, 7) is 6.06. The van der Waals surface area contributed by atoms with Crippen LogP contribution in [0.1, 0.15) is 70.1 Å². The Bertz CT molecular complexity index is 1220. The molecule has 0 aliphatic rings. The Morgan fingerprint density at radius 3 is 2.44 bits per heavy atom. The molecule has 3 amide bonds. The van der Waals surface area contributed by atoms with Gasteiger partial charge in [0, 0.05) is 19.0 Å². The summed E-state index contributed by atoms with van der Waals surface area (Å²) in [7, 11) is 0. The normalized spacial score (nSPS) is 11.7. The smallest absolute Gasteiger partial charge is 0.348 e. The van der Waals surface area contributed by atoms with Crippen molar-refractivity contribution in [1.29, 1.82) is 0 Å². The first-order chi connectivity index (χ1) is 17.2. The summed E-state index contributed by atoms with van der Waals surface area (Å²) in [5, 5.41) is 18.6. The number of carboxylic acid groups (broad SMARTS) is 1. The van der Waals surface area contributed by atoms with E-state index in [1.807, 2.05) is 31.2 Å². The van der Waals surface area contributed by atoms with E-state index in [1.165, 1.54) is 18.3 Å². The van der Waals surface area contributed by atoms with E-state index < -0.39 is 23.9 Å². The second-order valence-corrected chi connectivity index (χ2v) is 8.89. The fourth-order valence-electron chi connectivity index (χ4n) is 4.17. The van der Waals surface area contributed by atoms with E-state index in [9.17, 15) is 24.7 Å². The number of benzene rings is 2. The van der Waals surface area contributed by atoms with Crippen LogP contribution in [0.15, 0.2) is 54.7 Å². The van der Waals surface area contributed by atoms with Crippen LogP contribution in [0, 0.1) is 6.92 Å². The predicted molar refractivity (Wildman–Crippen MR) is 134 cm³/mol. The summed E-state index contributed by atoms with van der Waals surface area (Å²) in [5.74, 6) is -0.908. The second kappa shape index (κ2) is 12.1. The Labute approximate surface area is 210 Å². The molecule has 0 aliphatic heterocycles. The third-order valence-corrected chi connectivity index (χ3v) is 6.04. The number of rotatable bonds is 10. The van der Waals surface area contributed by atoms with Gasteiger partial charge in [-0.15, -0.1) is 0 Å². The molecule has 1 heterocycles. The van der Waals surface area contributed by atoms with Crippen LogP contribution in [-0.2, 0) is 19.4 Å². The zero-order valence-electron chi connectivity index (χ0n) is 20.8. The van der Waals surface area contributed by atoms with Gasteiger partial charge < -0.3 is 9.67 Å². The Balaban J connectivity index is 1.95. The molecule has 36 heavy (non-hydrogen) atoms. The van der Waals surface area contributed by atoms with Gasteiger partial charge >= 0.3 is 12.0 Å². The van der Waals surface area contributed by atoms with Gasteiger partial charge in [0.05, 0.1) is 11.8 Å². The summed E-state index contributed by atoms with van der Waals surface area (Å²) in [5.41, 5.74) is 4.80. The number of imidazole rings is 1. The number of hydrogen-bond acceptors (Lipinski definition) is 5. The first kappa shape index (κ1) is 26.6. The van der Waals surface area contributed by atoms with Crippen LogP contribution in [0.25, 0.3) is 0 Å². The Morgan fingerprint density at radius 1 is 1.11 bits per heavy atom. The van der Waals surface area contributed by atoms with Gasteiger partial charge in [-0.05, 0) is 49.9 Å². The van der Waals surface area contributed by atoms with E-state index in [2.05, 4.69) is 11.9 Å². The number of hydroxylamine groups is 1. The van der Waals surface area contributed by atoms with Crippen LogP contribution in [0.4, 0.5) is 4.79 Å². The minimum atomic E-state index is -1.02. The molecule has 9 heteroatoms. The maximum Gasteiger partial charge on any atom is 0.348 e. The largest absolute Gasteiger partial charge is 0.478 e. The minimum absolute atomic E-state index is 0.169. The molecule has 9 nitrogen and oxygen atoms in total. The van der Waals surface area contributed by atoms with Gasteiger partial charge in [-0.1, -0.05) is 55.3 Å². The van der Waals surface area contributed by atoms with Crippen LogP contribution in [0.3, 0.4) is 0 Å². The number of hydrogen-bond donors (Lipinski definition) is 3. The summed E-state index contributed by atoms with van der Waals surface area (Å²) in [6.07, 6.45) is 4.32. The molecule has 3 aromatic rings. The number of carbonyl (C=O) groups is 3. The van der Waals surface area contributed by atoms with Crippen LogP contribution in [-0.4, -0.2) is 48.7 Å². The molecule has 0 spiro atoms. The summed E-state index contributed by atoms with van der Waals surface area (Å²) >= 11 is 0. The Morgan fingerprint density at radius 2 is 1.83 bits per heavy atom. The topological polar surface area (TPSA) is 125 Å². The van der Waals surface area contributed by atoms with Crippen LogP contribution >= 0.6 is 0 Å². The lowest BCUT2D eigenvalue weighted by molar-refractivity contribution is 0.0668. The quantitative estimate of drug-likeness (QED) is 0.284. The van der Waals surface area contributed by atoms with Gasteiger partial charge in [-0.25, -0.2) is 20.1 Å².